The topological polar surface area (TPSA) is 101 Å². The minimum atomic E-state index is 0. The molecule has 5 aromatic carbocycles. The Morgan fingerprint density at radius 2 is 1.04 bits per heavy atom. The average molecular weight is 1090 g/mol. The second kappa shape index (κ2) is 15.8. The van der Waals surface area contributed by atoms with E-state index >= 15 is 0 Å². The summed E-state index contributed by atoms with van der Waals surface area (Å²) in [6.07, 6.45) is 6.90. The van der Waals surface area contributed by atoms with Crippen molar-refractivity contribution in [2.75, 3.05) is 0 Å². The largest absolute Gasteiger partial charge is 2.00 e. The van der Waals surface area contributed by atoms with E-state index in [1.54, 1.807) is 24.8 Å². The van der Waals surface area contributed by atoms with E-state index in [1.165, 1.54) is 0 Å². The Bertz CT molecular complexity index is 2780. The van der Waals surface area contributed by atoms with Gasteiger partial charge >= 0.3 is 42.1 Å². The minimum Gasteiger partial charge on any atom is -0.503 e. The van der Waals surface area contributed by atoms with Gasteiger partial charge < -0.3 is 28.4 Å². The van der Waals surface area contributed by atoms with Gasteiger partial charge in [-0.15, -0.1) is 71.8 Å². The van der Waals surface area contributed by atoms with Gasteiger partial charge in [-0.3, -0.25) is 0 Å². The molecule has 10 rings (SSSR count). The molecule has 56 heavy (non-hydrogen) atoms. The van der Waals surface area contributed by atoms with Gasteiger partial charge in [0.2, 0.25) is 11.8 Å². The van der Waals surface area contributed by atoms with Crippen molar-refractivity contribution < 1.29 is 56.0 Å². The summed E-state index contributed by atoms with van der Waals surface area (Å²) in [5.41, 5.74) is 6.71. The number of hydrogen-bond donors (Lipinski definition) is 0. The molecule has 0 aliphatic carbocycles. The zero-order chi connectivity index (χ0) is 35.8. The zero-order valence-corrected chi connectivity index (χ0v) is 33.4. The van der Waals surface area contributed by atoms with Gasteiger partial charge in [0, 0.05) is 47.8 Å². The van der Waals surface area contributed by atoms with Crippen molar-refractivity contribution in [3.05, 3.63) is 170 Å². The molecule has 0 fully saturated rings. The van der Waals surface area contributed by atoms with Crippen LogP contribution in [0.15, 0.2) is 151 Å². The number of pyridine rings is 2. The Labute approximate surface area is 349 Å². The van der Waals surface area contributed by atoms with E-state index in [1.807, 2.05) is 126 Å². The molecule has 0 radical (unpaired) electrons. The first-order valence-electron chi connectivity index (χ1n) is 17.1. The van der Waals surface area contributed by atoms with Crippen molar-refractivity contribution in [3.8, 4) is 62.9 Å². The first kappa shape index (κ1) is 36.7. The molecule has 272 valence electrons. The van der Waals surface area contributed by atoms with Gasteiger partial charge in [-0.25, -0.2) is 15.0 Å². The summed E-state index contributed by atoms with van der Waals surface area (Å²) in [6.45, 7) is 0. The number of oxazole rings is 1. The quantitative estimate of drug-likeness (QED) is 0.139. The van der Waals surface area contributed by atoms with Crippen molar-refractivity contribution in [3.63, 3.8) is 0 Å². The normalized spacial score (nSPS) is 10.9. The summed E-state index contributed by atoms with van der Waals surface area (Å²) >= 11 is 0. The van der Waals surface area contributed by atoms with E-state index in [9.17, 15) is 0 Å². The van der Waals surface area contributed by atoms with Crippen LogP contribution < -0.4 is 9.47 Å². The maximum absolute atomic E-state index is 6.33. The molecule has 0 amide bonds. The van der Waals surface area contributed by atoms with Crippen LogP contribution in [0.2, 0.25) is 0 Å². The van der Waals surface area contributed by atoms with Gasteiger partial charge in [-0.05, 0) is 35.7 Å². The number of hydrogen-bond acceptors (Lipinski definition) is 8. The van der Waals surface area contributed by atoms with Gasteiger partial charge in [-0.1, -0.05) is 59.6 Å². The predicted molar refractivity (Wildman–Crippen MR) is 204 cm³/mol. The first-order valence-corrected chi connectivity index (χ1v) is 17.1. The van der Waals surface area contributed by atoms with E-state index in [0.717, 1.165) is 38.8 Å². The molecular formula is C45H24N6O3Pt2. The molecule has 0 spiro atoms. The molecule has 9 nitrogen and oxygen atoms in total. The van der Waals surface area contributed by atoms with E-state index < -0.39 is 0 Å². The standard InChI is InChI=1S/C45H24N6O3.2Pt/c1-2-16-43-40(15-1)50-44(54-43)31-27-48-45(49-28-31)51-41-25-34(52-32-11-7-9-29(23-32)38-13-3-5-21-46-38)17-19-36(41)37-20-18-35(26-42(37)51)53-33-12-8-10-30(24-33)39-14-4-6-22-47-39;;/h1-22,27-28H;;/q-4;2*+2. The Hall–Kier alpha value is -6.27. The van der Waals surface area contributed by atoms with Gasteiger partial charge in [-0.2, -0.15) is 22.9 Å². The van der Waals surface area contributed by atoms with Crippen molar-refractivity contribution in [1.82, 2.24) is 29.5 Å². The number of benzene rings is 5. The van der Waals surface area contributed by atoms with Gasteiger partial charge in [0.05, 0.1) is 5.56 Å². The second-order valence-corrected chi connectivity index (χ2v) is 12.3. The molecule has 11 heteroatoms. The van der Waals surface area contributed by atoms with Crippen molar-refractivity contribution in [2.45, 2.75) is 0 Å². The number of aromatic nitrogens is 6. The molecule has 0 bridgehead atoms. The minimum absolute atomic E-state index is 0. The molecular weight excluding hydrogens is 1060 g/mol. The van der Waals surface area contributed by atoms with E-state index in [2.05, 4.69) is 39.2 Å². The molecule has 0 aliphatic rings. The van der Waals surface area contributed by atoms with Gasteiger partial charge in [0.25, 0.3) is 0 Å². The van der Waals surface area contributed by atoms with Crippen LogP contribution >= 0.6 is 0 Å². The summed E-state index contributed by atoms with van der Waals surface area (Å²) in [5.74, 6) is 2.86. The Morgan fingerprint density at radius 1 is 0.500 bits per heavy atom. The maximum Gasteiger partial charge on any atom is 2.00 e. The fourth-order valence-corrected chi connectivity index (χ4v) is 6.28. The summed E-state index contributed by atoms with van der Waals surface area (Å²) in [5, 5.41) is 1.81. The molecule has 0 unspecified atom stereocenters. The van der Waals surface area contributed by atoms with E-state index in [-0.39, 0.29) is 42.1 Å². The second-order valence-electron chi connectivity index (χ2n) is 12.3. The van der Waals surface area contributed by atoms with Gasteiger partial charge in [0.1, 0.15) is 5.52 Å². The van der Waals surface area contributed by atoms with Crippen molar-refractivity contribution in [1.29, 1.82) is 0 Å². The van der Waals surface area contributed by atoms with Crippen LogP contribution in [0.25, 0.3) is 72.8 Å². The van der Waals surface area contributed by atoms with Crippen LogP contribution in [-0.2, 0) is 42.1 Å². The van der Waals surface area contributed by atoms with Crippen LogP contribution in [0.3, 0.4) is 0 Å². The molecule has 0 saturated heterocycles. The van der Waals surface area contributed by atoms with Crippen molar-refractivity contribution >= 4 is 32.9 Å². The van der Waals surface area contributed by atoms with Crippen LogP contribution in [-0.4, -0.2) is 29.5 Å². The smallest absolute Gasteiger partial charge is 0.503 e. The monoisotopic (exact) mass is 1090 g/mol. The number of fused-ring (bicyclic) bond motifs is 4. The Balaban J connectivity index is 0.00000220. The fourth-order valence-electron chi connectivity index (χ4n) is 6.28. The molecule has 0 saturated carbocycles. The SMILES string of the molecule is [Pt+2].[Pt+2].[c-]1c(Oc2[c-]c3c(cc2)c2ccc(Oc4[c-]c(-c5ccccn5)ccc4)[c-]c2n3-c2ncc(-c3nc4ccccc4o3)cn2)cccc1-c1ccccn1. The van der Waals surface area contributed by atoms with Crippen LogP contribution in [0.1, 0.15) is 0 Å². The van der Waals surface area contributed by atoms with E-state index in [0.29, 0.717) is 57.0 Å². The average Bonchev–Trinajstić information content (AvgIpc) is 3.81. The number of nitrogens with zero attached hydrogens (tertiary/aromatic N) is 6. The third kappa shape index (κ3) is 7.15. The third-order valence-electron chi connectivity index (χ3n) is 8.77. The van der Waals surface area contributed by atoms with Crippen LogP contribution in [0, 0.1) is 24.3 Å². The summed E-state index contributed by atoms with van der Waals surface area (Å²) in [7, 11) is 0. The van der Waals surface area contributed by atoms with Crippen molar-refractivity contribution in [2.24, 2.45) is 0 Å². The molecule has 10 aromatic rings. The predicted octanol–water partition coefficient (Wildman–Crippen LogP) is 10.3. The summed E-state index contributed by atoms with van der Waals surface area (Å²) in [6, 6.07) is 51.9. The van der Waals surface area contributed by atoms with Gasteiger partial charge in [0.15, 0.2) is 5.58 Å². The number of para-hydroxylation sites is 2. The number of rotatable bonds is 8. The number of ether oxygens (including phenoxy) is 2. The molecule has 5 aromatic heterocycles. The Kier molecular flexibility index (Phi) is 10.4. The summed E-state index contributed by atoms with van der Waals surface area (Å²) < 4.78 is 20.5. The molecule has 0 atom stereocenters. The molecule has 0 aliphatic heterocycles. The first-order chi connectivity index (χ1) is 26.7. The zero-order valence-electron chi connectivity index (χ0n) is 28.9. The molecule has 5 heterocycles. The maximum atomic E-state index is 6.33. The van der Waals surface area contributed by atoms with Crippen LogP contribution in [0.5, 0.6) is 23.0 Å². The fraction of sp³-hybridized carbons (Fsp3) is 0. The van der Waals surface area contributed by atoms with Crippen LogP contribution in [0.4, 0.5) is 0 Å². The summed E-state index contributed by atoms with van der Waals surface area (Å²) in [4.78, 5) is 23.1. The van der Waals surface area contributed by atoms with E-state index in [4.69, 9.17) is 23.9 Å². The molecule has 0 N–H and O–H groups in total. The Morgan fingerprint density at radius 3 is 1.57 bits per heavy atom. The third-order valence-corrected chi connectivity index (χ3v) is 8.77.